The van der Waals surface area contributed by atoms with Crippen molar-refractivity contribution < 1.29 is 30.6 Å². The highest BCUT2D eigenvalue weighted by Crippen LogP contribution is 2.23. The first-order chi connectivity index (χ1) is 7.80. The van der Waals surface area contributed by atoms with Gasteiger partial charge in [0.2, 0.25) is 0 Å². The van der Waals surface area contributed by atoms with E-state index >= 15 is 0 Å². The molecule has 6 heteroatoms. The van der Waals surface area contributed by atoms with Crippen LogP contribution in [0.4, 0.5) is 0 Å². The highest BCUT2D eigenvalue weighted by Gasteiger charge is 2.35. The van der Waals surface area contributed by atoms with Gasteiger partial charge in [-0.2, -0.15) is 0 Å². The van der Waals surface area contributed by atoms with Crippen molar-refractivity contribution in [2.24, 2.45) is 0 Å². The first-order valence-electron chi connectivity index (χ1n) is 5.15. The Morgan fingerprint density at radius 1 is 1.56 bits per heavy atom. The smallest absolute Gasteiger partial charge is 0.333 e. The number of aliphatic hydroxyl groups is 2. The predicted octanol–water partition coefficient (Wildman–Crippen LogP) is -0.857. The molecule has 0 aromatic carbocycles. The Morgan fingerprint density at radius 2 is 2.19 bits per heavy atom. The molecular weight excluding hydrogens is 216 g/mol. The molecule has 3 atom stereocenters. The number of esters is 2. The number of carbonyl (C=O) groups excluding carboxylic acids is 2. The summed E-state index contributed by atoms with van der Waals surface area (Å²) in [4.78, 5) is 22.1. The molecule has 0 fully saturated rings. The van der Waals surface area contributed by atoms with Crippen molar-refractivity contribution in [1.29, 1.82) is 0 Å². The Labute approximate surface area is 93.9 Å². The molecule has 1 aliphatic carbocycles. The van der Waals surface area contributed by atoms with Crippen molar-refractivity contribution in [1.82, 2.24) is 0 Å². The lowest BCUT2D eigenvalue weighted by Gasteiger charge is -2.29. The Balaban J connectivity index is 3.00. The van der Waals surface area contributed by atoms with Gasteiger partial charge in [-0.05, 0) is 6.08 Å². The van der Waals surface area contributed by atoms with E-state index in [1.54, 1.807) is 0 Å². The number of methoxy groups -OCH3 is 1. The first kappa shape index (κ1) is 11.1. The molecule has 1 rings (SSSR count). The number of carbonyl (C=O) groups is 2. The molecule has 2 N–H and O–H groups in total. The number of ether oxygens (including phenoxy) is 2. The summed E-state index contributed by atoms with van der Waals surface area (Å²) in [6, 6.07) is 0. The SMILES string of the molecule is [2H][C@]1(OC(C)=O)CC(C(=O)OC)=C[C@@H](O)[C@H]1O. The van der Waals surface area contributed by atoms with E-state index in [0.717, 1.165) is 20.1 Å². The minimum absolute atomic E-state index is 0.0125. The van der Waals surface area contributed by atoms with E-state index in [2.05, 4.69) is 9.47 Å². The molecule has 0 aromatic heterocycles. The van der Waals surface area contributed by atoms with Crippen LogP contribution in [0, 0.1) is 0 Å². The summed E-state index contributed by atoms with van der Waals surface area (Å²) in [6.07, 6.45) is -4.40. The molecule has 0 radical (unpaired) electrons. The fourth-order valence-corrected chi connectivity index (χ4v) is 1.39. The van der Waals surface area contributed by atoms with Gasteiger partial charge in [-0.25, -0.2) is 4.79 Å². The molecule has 0 saturated carbocycles. The molecule has 0 saturated heterocycles. The van der Waals surface area contributed by atoms with Crippen molar-refractivity contribution in [3.8, 4) is 0 Å². The third kappa shape index (κ3) is 2.80. The average Bonchev–Trinajstić information content (AvgIpc) is 2.23. The zero-order chi connectivity index (χ0) is 13.2. The maximum atomic E-state index is 11.3. The van der Waals surface area contributed by atoms with Gasteiger partial charge >= 0.3 is 11.9 Å². The fourth-order valence-electron chi connectivity index (χ4n) is 1.39. The van der Waals surface area contributed by atoms with Gasteiger partial charge in [0.1, 0.15) is 18.3 Å². The molecule has 0 unspecified atom stereocenters. The van der Waals surface area contributed by atoms with E-state index < -0.39 is 30.2 Å². The summed E-state index contributed by atoms with van der Waals surface area (Å²) in [7, 11) is 1.15. The van der Waals surface area contributed by atoms with Gasteiger partial charge < -0.3 is 19.7 Å². The van der Waals surface area contributed by atoms with Gasteiger partial charge in [-0.15, -0.1) is 0 Å². The molecule has 1 aliphatic rings. The van der Waals surface area contributed by atoms with Crippen LogP contribution < -0.4 is 0 Å². The summed E-state index contributed by atoms with van der Waals surface area (Å²) in [5, 5.41) is 19.1. The molecular formula is C10H14O6. The van der Waals surface area contributed by atoms with E-state index in [4.69, 9.17) is 1.37 Å². The van der Waals surface area contributed by atoms with Crippen molar-refractivity contribution in [3.05, 3.63) is 11.6 Å². The van der Waals surface area contributed by atoms with Gasteiger partial charge in [-0.3, -0.25) is 4.79 Å². The van der Waals surface area contributed by atoms with Gasteiger partial charge in [0.15, 0.2) is 0 Å². The molecule has 0 aromatic rings. The van der Waals surface area contributed by atoms with Crippen LogP contribution in [0.2, 0.25) is 0 Å². The molecule has 16 heavy (non-hydrogen) atoms. The van der Waals surface area contributed by atoms with Crippen molar-refractivity contribution in [2.75, 3.05) is 7.11 Å². The molecule has 0 bridgehead atoms. The van der Waals surface area contributed by atoms with Crippen molar-refractivity contribution in [2.45, 2.75) is 31.6 Å². The van der Waals surface area contributed by atoms with Crippen LogP contribution in [0.3, 0.4) is 0 Å². The van der Waals surface area contributed by atoms with Crippen LogP contribution in [0.5, 0.6) is 0 Å². The summed E-state index contributed by atoms with van der Waals surface area (Å²) in [5.74, 6) is -1.52. The van der Waals surface area contributed by atoms with Crippen molar-refractivity contribution in [3.63, 3.8) is 0 Å². The quantitative estimate of drug-likeness (QED) is 0.601. The van der Waals surface area contributed by atoms with Gasteiger partial charge in [0.05, 0.1) is 8.48 Å². The van der Waals surface area contributed by atoms with E-state index in [0.29, 0.717) is 0 Å². The fraction of sp³-hybridized carbons (Fsp3) is 0.600. The lowest BCUT2D eigenvalue weighted by atomic mass is 9.92. The number of hydrogen-bond donors (Lipinski definition) is 2. The molecule has 6 nitrogen and oxygen atoms in total. The topological polar surface area (TPSA) is 93.1 Å². The third-order valence-corrected chi connectivity index (χ3v) is 2.11. The Morgan fingerprint density at radius 3 is 2.69 bits per heavy atom. The zero-order valence-corrected chi connectivity index (χ0v) is 8.97. The normalized spacial score (nSPS) is 34.8. The number of aliphatic hydroxyl groups excluding tert-OH is 2. The van der Waals surface area contributed by atoms with E-state index in [1.165, 1.54) is 0 Å². The summed E-state index contributed by atoms with van der Waals surface area (Å²) >= 11 is 0. The van der Waals surface area contributed by atoms with E-state index in [9.17, 15) is 19.8 Å². The van der Waals surface area contributed by atoms with Crippen LogP contribution in [-0.2, 0) is 19.1 Å². The molecule has 0 spiro atoms. The van der Waals surface area contributed by atoms with Crippen LogP contribution >= 0.6 is 0 Å². The highest BCUT2D eigenvalue weighted by molar-refractivity contribution is 5.88. The first-order valence-corrected chi connectivity index (χ1v) is 4.65. The second-order valence-electron chi connectivity index (χ2n) is 3.36. The average molecular weight is 231 g/mol. The Bertz CT molecular complexity index is 366. The maximum Gasteiger partial charge on any atom is 0.333 e. The second-order valence-corrected chi connectivity index (χ2v) is 3.36. The maximum absolute atomic E-state index is 11.3. The summed E-state index contributed by atoms with van der Waals surface area (Å²) in [5.41, 5.74) is -0.0125. The van der Waals surface area contributed by atoms with Crippen LogP contribution in [0.1, 0.15) is 14.7 Å². The lowest BCUT2D eigenvalue weighted by molar-refractivity contribution is -0.158. The lowest BCUT2D eigenvalue weighted by Crippen LogP contribution is -2.43. The second kappa shape index (κ2) is 5.09. The van der Waals surface area contributed by atoms with Crippen LogP contribution in [0.25, 0.3) is 0 Å². The van der Waals surface area contributed by atoms with Crippen LogP contribution in [0.15, 0.2) is 11.6 Å². The molecule has 0 amide bonds. The van der Waals surface area contributed by atoms with E-state index in [-0.39, 0.29) is 12.0 Å². The Hall–Kier alpha value is -1.40. The monoisotopic (exact) mass is 231 g/mol. The summed E-state index contributed by atoms with van der Waals surface area (Å²) in [6.45, 7) is 1.07. The zero-order valence-electron chi connectivity index (χ0n) is 9.97. The van der Waals surface area contributed by atoms with Crippen LogP contribution in [-0.4, -0.2) is 47.5 Å². The largest absolute Gasteiger partial charge is 0.466 e. The molecule has 90 valence electrons. The predicted molar refractivity (Wildman–Crippen MR) is 52.3 cm³/mol. The minimum Gasteiger partial charge on any atom is -0.466 e. The van der Waals surface area contributed by atoms with Gasteiger partial charge in [0.25, 0.3) is 0 Å². The molecule has 0 aliphatic heterocycles. The van der Waals surface area contributed by atoms with Gasteiger partial charge in [0, 0.05) is 18.9 Å². The highest BCUT2D eigenvalue weighted by atomic mass is 16.6. The number of rotatable bonds is 2. The molecule has 0 heterocycles. The minimum atomic E-state index is -2.08. The Kier molecular flexibility index (Phi) is 3.53. The third-order valence-electron chi connectivity index (χ3n) is 2.11. The van der Waals surface area contributed by atoms with Crippen molar-refractivity contribution >= 4 is 11.9 Å². The standard InChI is InChI=1S/C10H14O6/c1-5(11)16-8-4-6(10(14)15-2)3-7(12)9(8)13/h3,7-9,12-13H,4H2,1-2H3/t7-,8+,9-/m1/s1/i8D. The van der Waals surface area contributed by atoms with Gasteiger partial charge in [-0.1, -0.05) is 0 Å². The number of hydrogen-bond acceptors (Lipinski definition) is 6. The summed E-state index contributed by atoms with van der Waals surface area (Å²) < 4.78 is 16.9. The van der Waals surface area contributed by atoms with E-state index in [1.807, 2.05) is 0 Å².